The lowest BCUT2D eigenvalue weighted by Gasteiger charge is -2.38. The lowest BCUT2D eigenvalue weighted by atomic mass is 9.69. The van der Waals surface area contributed by atoms with Gasteiger partial charge in [0.1, 0.15) is 18.0 Å². The van der Waals surface area contributed by atoms with Gasteiger partial charge in [0, 0.05) is 25.2 Å². The van der Waals surface area contributed by atoms with Crippen LogP contribution in [0.3, 0.4) is 0 Å². The SMILES string of the molecule is Cc1cc(C2=C(/C=C/[C@@H]3C[C@@H](O)CC(=O)O3)C(C)(C)CC(OOC(=O)c3ccncc3)C2)ccc1F. The molecule has 0 radical (unpaired) electrons. The van der Waals surface area contributed by atoms with Crippen LogP contribution in [0.4, 0.5) is 4.39 Å². The minimum absolute atomic E-state index is 0.00410. The van der Waals surface area contributed by atoms with E-state index in [0.717, 1.165) is 16.7 Å². The maximum absolute atomic E-state index is 14.0. The topological polar surface area (TPSA) is 95.0 Å². The van der Waals surface area contributed by atoms with Gasteiger partial charge in [0.25, 0.3) is 0 Å². The molecule has 190 valence electrons. The quantitative estimate of drug-likeness (QED) is 0.347. The van der Waals surface area contributed by atoms with Crippen molar-refractivity contribution >= 4 is 17.5 Å². The van der Waals surface area contributed by atoms with Crippen LogP contribution >= 0.6 is 0 Å². The summed E-state index contributed by atoms with van der Waals surface area (Å²) in [5.74, 6) is -1.34. The summed E-state index contributed by atoms with van der Waals surface area (Å²) in [4.78, 5) is 38.8. The minimum atomic E-state index is -0.735. The highest BCUT2D eigenvalue weighted by Gasteiger charge is 2.37. The Labute approximate surface area is 209 Å². The number of carbonyl (C=O) groups excluding carboxylic acids is 2. The van der Waals surface area contributed by atoms with Gasteiger partial charge in [0.15, 0.2) is 0 Å². The van der Waals surface area contributed by atoms with Crippen LogP contribution in [-0.2, 0) is 19.3 Å². The molecule has 0 spiro atoms. The van der Waals surface area contributed by atoms with Crippen LogP contribution in [-0.4, -0.2) is 40.3 Å². The molecular formula is C28H30FNO6. The van der Waals surface area contributed by atoms with Crippen molar-refractivity contribution in [1.29, 1.82) is 0 Å². The number of nitrogens with zero attached hydrogens (tertiary/aromatic N) is 1. The summed E-state index contributed by atoms with van der Waals surface area (Å²) in [6, 6.07) is 8.02. The highest BCUT2D eigenvalue weighted by molar-refractivity contribution is 5.88. The standard InChI is InChI=1S/C28H30FNO6/c1-17-12-19(4-7-25(17)29)23-15-22(35-36-27(33)18-8-10-30-11-9-18)16-28(2,3)24(23)6-5-21-13-20(31)14-26(32)34-21/h4-12,20-22,31H,13-16H2,1-3H3/b6-5+/t20-,21-,22?/m1/s1. The summed E-state index contributed by atoms with van der Waals surface area (Å²) in [6.45, 7) is 5.80. The van der Waals surface area contributed by atoms with Crippen LogP contribution in [0.2, 0.25) is 0 Å². The first-order valence-electron chi connectivity index (χ1n) is 12.0. The van der Waals surface area contributed by atoms with E-state index in [1.54, 1.807) is 37.3 Å². The van der Waals surface area contributed by atoms with Crippen LogP contribution in [0, 0.1) is 18.2 Å². The lowest BCUT2D eigenvalue weighted by molar-refractivity contribution is -0.278. The molecule has 1 fully saturated rings. The van der Waals surface area contributed by atoms with E-state index in [2.05, 4.69) is 4.98 Å². The van der Waals surface area contributed by atoms with E-state index in [0.29, 0.717) is 30.4 Å². The van der Waals surface area contributed by atoms with Crippen LogP contribution in [0.1, 0.15) is 61.0 Å². The maximum atomic E-state index is 14.0. The first-order chi connectivity index (χ1) is 17.1. The first-order valence-corrected chi connectivity index (χ1v) is 12.0. The monoisotopic (exact) mass is 495 g/mol. The van der Waals surface area contributed by atoms with E-state index in [4.69, 9.17) is 14.5 Å². The zero-order valence-corrected chi connectivity index (χ0v) is 20.6. The molecule has 36 heavy (non-hydrogen) atoms. The van der Waals surface area contributed by atoms with E-state index in [1.807, 2.05) is 19.9 Å². The molecule has 1 aromatic carbocycles. The number of pyridine rings is 1. The van der Waals surface area contributed by atoms with Gasteiger partial charge in [-0.25, -0.2) is 9.18 Å². The predicted molar refractivity (Wildman–Crippen MR) is 130 cm³/mol. The summed E-state index contributed by atoms with van der Waals surface area (Å²) < 4.78 is 19.4. The van der Waals surface area contributed by atoms with Gasteiger partial charge in [-0.1, -0.05) is 26.0 Å². The molecule has 0 saturated carbocycles. The number of rotatable bonds is 6. The summed E-state index contributed by atoms with van der Waals surface area (Å²) in [7, 11) is 0. The van der Waals surface area contributed by atoms with E-state index in [9.17, 15) is 19.1 Å². The number of aliphatic hydroxyl groups is 1. The molecule has 0 amide bonds. The zero-order chi connectivity index (χ0) is 25.9. The number of hydrogen-bond acceptors (Lipinski definition) is 7. The highest BCUT2D eigenvalue weighted by Crippen LogP contribution is 2.46. The fourth-order valence-electron chi connectivity index (χ4n) is 4.78. The number of cyclic esters (lactones) is 1. The molecule has 1 aliphatic heterocycles. The van der Waals surface area contributed by atoms with Crippen LogP contribution in [0.5, 0.6) is 0 Å². The Kier molecular flexibility index (Phi) is 7.66. The number of benzene rings is 1. The predicted octanol–water partition coefficient (Wildman–Crippen LogP) is 4.88. The van der Waals surface area contributed by atoms with E-state index < -0.39 is 35.7 Å². The molecule has 1 saturated heterocycles. The van der Waals surface area contributed by atoms with Gasteiger partial charge in [-0.15, -0.1) is 0 Å². The molecule has 4 rings (SSSR count). The van der Waals surface area contributed by atoms with E-state index in [-0.39, 0.29) is 12.2 Å². The van der Waals surface area contributed by atoms with Crippen molar-refractivity contribution in [3.63, 3.8) is 0 Å². The first kappa shape index (κ1) is 25.7. The number of allylic oxidation sites excluding steroid dienone is 2. The van der Waals surface area contributed by atoms with Gasteiger partial charge in [-0.2, -0.15) is 4.89 Å². The second-order valence-electron chi connectivity index (χ2n) is 9.95. The Balaban J connectivity index is 1.62. The van der Waals surface area contributed by atoms with Crippen molar-refractivity contribution in [2.75, 3.05) is 0 Å². The third-order valence-corrected chi connectivity index (χ3v) is 6.57. The van der Waals surface area contributed by atoms with Crippen molar-refractivity contribution in [2.45, 2.75) is 64.8 Å². The molecule has 0 bridgehead atoms. The number of hydrogen-bond donors (Lipinski definition) is 1. The summed E-state index contributed by atoms with van der Waals surface area (Å²) >= 11 is 0. The molecule has 8 heteroatoms. The Morgan fingerprint density at radius 1 is 1.22 bits per heavy atom. The zero-order valence-electron chi connectivity index (χ0n) is 20.6. The molecule has 2 heterocycles. The molecule has 1 aromatic heterocycles. The average molecular weight is 496 g/mol. The summed E-state index contributed by atoms with van der Waals surface area (Å²) in [5, 5.41) is 9.95. The molecule has 3 atom stereocenters. The molecule has 7 nitrogen and oxygen atoms in total. The third-order valence-electron chi connectivity index (χ3n) is 6.57. The number of carbonyl (C=O) groups is 2. The average Bonchev–Trinajstić information content (AvgIpc) is 2.82. The third kappa shape index (κ3) is 6.06. The second-order valence-corrected chi connectivity index (χ2v) is 9.95. The highest BCUT2D eigenvalue weighted by atomic mass is 19.1. The molecule has 1 N–H and O–H groups in total. The normalized spacial score (nSPS) is 24.0. The Hall–Kier alpha value is -3.36. The second kappa shape index (κ2) is 10.7. The number of aromatic nitrogens is 1. The van der Waals surface area contributed by atoms with Crippen molar-refractivity contribution < 1.29 is 33.6 Å². The Morgan fingerprint density at radius 3 is 2.67 bits per heavy atom. The van der Waals surface area contributed by atoms with Gasteiger partial charge in [0.05, 0.1) is 18.1 Å². The molecular weight excluding hydrogens is 465 g/mol. The molecule has 2 aliphatic rings. The molecule has 1 aliphatic carbocycles. The Morgan fingerprint density at radius 2 is 1.97 bits per heavy atom. The Bertz CT molecular complexity index is 1190. The van der Waals surface area contributed by atoms with Crippen molar-refractivity contribution in [3.05, 3.63) is 83.0 Å². The van der Waals surface area contributed by atoms with Crippen molar-refractivity contribution in [2.24, 2.45) is 5.41 Å². The van der Waals surface area contributed by atoms with Crippen LogP contribution in [0.15, 0.2) is 60.5 Å². The summed E-state index contributed by atoms with van der Waals surface area (Å²) in [6.07, 6.45) is 6.31. The number of aryl methyl sites for hydroxylation is 1. The number of ether oxygens (including phenoxy) is 1. The number of esters is 1. The van der Waals surface area contributed by atoms with Gasteiger partial charge in [-0.05, 0) is 71.4 Å². The van der Waals surface area contributed by atoms with Crippen molar-refractivity contribution in [1.82, 2.24) is 4.98 Å². The minimum Gasteiger partial charge on any atom is -0.458 e. The van der Waals surface area contributed by atoms with E-state index in [1.165, 1.54) is 18.5 Å². The van der Waals surface area contributed by atoms with Gasteiger partial charge >= 0.3 is 11.9 Å². The van der Waals surface area contributed by atoms with E-state index >= 15 is 0 Å². The smallest absolute Gasteiger partial charge is 0.373 e. The van der Waals surface area contributed by atoms with Gasteiger partial charge in [-0.3, -0.25) is 14.7 Å². The van der Waals surface area contributed by atoms with Gasteiger partial charge < -0.3 is 9.84 Å². The fraction of sp³-hybridized carbons (Fsp3) is 0.393. The largest absolute Gasteiger partial charge is 0.458 e. The fourth-order valence-corrected chi connectivity index (χ4v) is 4.78. The summed E-state index contributed by atoms with van der Waals surface area (Å²) in [5.41, 5.74) is 3.15. The van der Waals surface area contributed by atoms with Gasteiger partial charge in [0.2, 0.25) is 0 Å². The molecule has 2 aromatic rings. The number of halogens is 1. The van der Waals surface area contributed by atoms with Crippen molar-refractivity contribution in [3.8, 4) is 0 Å². The molecule has 1 unspecified atom stereocenters. The number of aliphatic hydroxyl groups excluding tert-OH is 1. The maximum Gasteiger partial charge on any atom is 0.373 e. The van der Waals surface area contributed by atoms with Crippen LogP contribution < -0.4 is 0 Å². The lowest BCUT2D eigenvalue weighted by Crippen LogP contribution is -2.32. The van der Waals surface area contributed by atoms with Crippen LogP contribution in [0.25, 0.3) is 5.57 Å².